The van der Waals surface area contributed by atoms with Crippen LogP contribution in [-0.4, -0.2) is 29.8 Å². The van der Waals surface area contributed by atoms with Crippen LogP contribution in [0.15, 0.2) is 78.5 Å². The minimum absolute atomic E-state index is 0.0710. The Morgan fingerprint density at radius 1 is 0.975 bits per heavy atom. The molecule has 1 atom stereocenters. The molecule has 1 aliphatic carbocycles. The van der Waals surface area contributed by atoms with Gasteiger partial charge in [-0.2, -0.15) is 0 Å². The van der Waals surface area contributed by atoms with Crippen LogP contribution in [0.2, 0.25) is 0 Å². The minimum atomic E-state index is -0.137. The molecule has 6 heteroatoms. The van der Waals surface area contributed by atoms with Crippen molar-refractivity contribution in [3.8, 4) is 0 Å². The quantitative estimate of drug-likeness (QED) is 0.266. The Labute approximate surface area is 236 Å². The fourth-order valence-corrected chi connectivity index (χ4v) is 5.89. The summed E-state index contributed by atoms with van der Waals surface area (Å²) in [5.74, 6) is 0.0709. The van der Waals surface area contributed by atoms with E-state index >= 15 is 0 Å². The summed E-state index contributed by atoms with van der Waals surface area (Å²) in [6, 6.07) is 24.1. The van der Waals surface area contributed by atoms with Crippen LogP contribution in [0, 0.1) is 5.92 Å². The molecular weight excluding hydrogens is 496 g/mol. The molecule has 0 spiro atoms. The number of anilines is 2. The second kappa shape index (κ2) is 11.7. The molecule has 0 aromatic heterocycles. The van der Waals surface area contributed by atoms with Gasteiger partial charge < -0.3 is 16.0 Å². The summed E-state index contributed by atoms with van der Waals surface area (Å²) in [6.45, 7) is 5.41. The molecule has 3 aliphatic rings. The van der Waals surface area contributed by atoms with Gasteiger partial charge in [0.1, 0.15) is 0 Å². The molecule has 0 bridgehead atoms. The van der Waals surface area contributed by atoms with E-state index < -0.39 is 0 Å². The highest BCUT2D eigenvalue weighted by atomic mass is 16.2. The fraction of sp³-hybridized carbons (Fsp3) is 0.353. The molecule has 2 amide bonds. The average Bonchev–Trinajstić information content (AvgIpc) is 3.78. The van der Waals surface area contributed by atoms with E-state index in [1.807, 2.05) is 42.5 Å². The molecule has 3 aromatic carbocycles. The molecule has 6 rings (SSSR count). The van der Waals surface area contributed by atoms with Gasteiger partial charge in [-0.05, 0) is 92.6 Å². The number of carbonyl (C=O) groups excluding carboxylic acids is 2. The number of hydrogen-bond donors (Lipinski definition) is 3. The Morgan fingerprint density at radius 3 is 2.42 bits per heavy atom. The van der Waals surface area contributed by atoms with E-state index in [0.29, 0.717) is 17.1 Å². The molecule has 2 heterocycles. The Hall–Kier alpha value is -3.90. The van der Waals surface area contributed by atoms with E-state index in [9.17, 15) is 9.59 Å². The fourth-order valence-electron chi connectivity index (χ4n) is 5.89. The highest BCUT2D eigenvalue weighted by molar-refractivity contribution is 6.32. The lowest BCUT2D eigenvalue weighted by Crippen LogP contribution is -2.29. The number of benzene rings is 3. The molecule has 1 saturated heterocycles. The third kappa shape index (κ3) is 5.82. The van der Waals surface area contributed by atoms with Gasteiger partial charge in [-0.25, -0.2) is 0 Å². The summed E-state index contributed by atoms with van der Waals surface area (Å²) in [7, 11) is 0. The third-order valence-corrected chi connectivity index (χ3v) is 8.28. The van der Waals surface area contributed by atoms with Gasteiger partial charge in [-0.3, -0.25) is 14.5 Å². The predicted molar refractivity (Wildman–Crippen MR) is 161 cm³/mol. The molecular formula is C34H38N4O2. The highest BCUT2D eigenvalue weighted by Crippen LogP contribution is 2.44. The second-order valence-electron chi connectivity index (χ2n) is 11.3. The zero-order valence-electron chi connectivity index (χ0n) is 23.2. The van der Waals surface area contributed by atoms with Crippen molar-refractivity contribution in [3.63, 3.8) is 0 Å². The zero-order chi connectivity index (χ0) is 27.5. The van der Waals surface area contributed by atoms with Crippen molar-refractivity contribution < 1.29 is 9.59 Å². The van der Waals surface area contributed by atoms with Gasteiger partial charge >= 0.3 is 0 Å². The van der Waals surface area contributed by atoms with Crippen molar-refractivity contribution in [3.05, 3.63) is 101 Å². The lowest BCUT2D eigenvalue weighted by Gasteiger charge is -2.26. The first-order chi connectivity index (χ1) is 19.6. The molecule has 2 fully saturated rings. The van der Waals surface area contributed by atoms with E-state index in [2.05, 4.69) is 52.0 Å². The monoisotopic (exact) mass is 534 g/mol. The number of rotatable bonds is 9. The van der Waals surface area contributed by atoms with Gasteiger partial charge in [0.25, 0.3) is 11.8 Å². The smallest absolute Gasteiger partial charge is 0.258 e. The number of piperidine rings is 1. The Balaban J connectivity index is 1.23. The molecule has 0 unspecified atom stereocenters. The normalized spacial score (nSPS) is 19.0. The van der Waals surface area contributed by atoms with Crippen molar-refractivity contribution >= 4 is 28.8 Å². The first-order valence-corrected chi connectivity index (χ1v) is 14.7. The summed E-state index contributed by atoms with van der Waals surface area (Å²) in [5, 5.41) is 9.80. The topological polar surface area (TPSA) is 73.5 Å². The molecule has 40 heavy (non-hydrogen) atoms. The standard InChI is InChI=1S/C34H38N4O2/c1-2-29(24-9-5-3-6-10-24)36-33(39)26-15-18-30-28(21-26)31(34(40)37-30)32(25-13-14-25)35-27-16-11-23(12-17-27)22-38-19-7-4-8-20-38/h3,5-6,9-12,15-18,21,25,29,35H,2,4,7-8,13-14,19-20,22H2,1H3,(H,36,39)(H,37,40)/t29-/m1/s1. The van der Waals surface area contributed by atoms with Crippen LogP contribution in [-0.2, 0) is 11.3 Å². The van der Waals surface area contributed by atoms with Crippen LogP contribution in [0.4, 0.5) is 11.4 Å². The number of nitrogens with zero attached hydrogens (tertiary/aromatic N) is 1. The average molecular weight is 535 g/mol. The van der Waals surface area contributed by atoms with Gasteiger partial charge in [-0.1, -0.05) is 55.8 Å². The Kier molecular flexibility index (Phi) is 7.69. The maximum Gasteiger partial charge on any atom is 0.258 e. The SMILES string of the molecule is CC[C@@H](NC(=O)c1ccc2c(c1)C(=C(Nc1ccc(CN3CCCCC3)cc1)C1CC1)C(=O)N2)c1ccccc1. The van der Waals surface area contributed by atoms with Gasteiger partial charge in [0, 0.05) is 34.7 Å². The summed E-state index contributed by atoms with van der Waals surface area (Å²) in [6.07, 6.45) is 6.81. The Morgan fingerprint density at radius 2 is 1.73 bits per heavy atom. The summed E-state index contributed by atoms with van der Waals surface area (Å²) < 4.78 is 0. The molecule has 6 nitrogen and oxygen atoms in total. The molecule has 3 N–H and O–H groups in total. The summed E-state index contributed by atoms with van der Waals surface area (Å²) >= 11 is 0. The van der Waals surface area contributed by atoms with Crippen LogP contribution < -0.4 is 16.0 Å². The van der Waals surface area contributed by atoms with Gasteiger partial charge in [-0.15, -0.1) is 0 Å². The number of hydrogen-bond acceptors (Lipinski definition) is 4. The number of nitrogens with one attached hydrogen (secondary N) is 3. The lowest BCUT2D eigenvalue weighted by atomic mass is 9.99. The molecule has 3 aromatic rings. The van der Waals surface area contributed by atoms with E-state index in [-0.39, 0.29) is 17.9 Å². The van der Waals surface area contributed by atoms with E-state index in [1.165, 1.54) is 37.9 Å². The van der Waals surface area contributed by atoms with Crippen molar-refractivity contribution in [1.29, 1.82) is 0 Å². The molecule has 1 saturated carbocycles. The summed E-state index contributed by atoms with van der Waals surface area (Å²) in [5.41, 5.74) is 7.09. The van der Waals surface area contributed by atoms with Crippen LogP contribution in [0.1, 0.15) is 78.5 Å². The number of carbonyl (C=O) groups is 2. The summed E-state index contributed by atoms with van der Waals surface area (Å²) in [4.78, 5) is 29.1. The Bertz CT molecular complexity index is 1400. The molecule has 0 radical (unpaired) electrons. The van der Waals surface area contributed by atoms with Crippen LogP contribution in [0.5, 0.6) is 0 Å². The number of fused-ring (bicyclic) bond motifs is 1. The predicted octanol–water partition coefficient (Wildman–Crippen LogP) is 6.74. The number of likely N-dealkylation sites (tertiary alicyclic amines) is 1. The molecule has 206 valence electrons. The first-order valence-electron chi connectivity index (χ1n) is 14.7. The van der Waals surface area contributed by atoms with Gasteiger partial charge in [0.15, 0.2) is 0 Å². The lowest BCUT2D eigenvalue weighted by molar-refractivity contribution is -0.110. The second-order valence-corrected chi connectivity index (χ2v) is 11.3. The van der Waals surface area contributed by atoms with E-state index in [0.717, 1.165) is 54.0 Å². The maximum absolute atomic E-state index is 13.3. The van der Waals surface area contributed by atoms with E-state index in [4.69, 9.17) is 0 Å². The van der Waals surface area contributed by atoms with Crippen molar-refractivity contribution in [2.75, 3.05) is 23.7 Å². The number of amides is 2. The zero-order valence-corrected chi connectivity index (χ0v) is 23.2. The third-order valence-electron chi connectivity index (χ3n) is 8.28. The van der Waals surface area contributed by atoms with E-state index in [1.54, 1.807) is 6.07 Å². The molecule has 2 aliphatic heterocycles. The van der Waals surface area contributed by atoms with Crippen LogP contribution >= 0.6 is 0 Å². The minimum Gasteiger partial charge on any atom is -0.358 e. The van der Waals surface area contributed by atoms with Crippen LogP contribution in [0.25, 0.3) is 5.57 Å². The van der Waals surface area contributed by atoms with Gasteiger partial charge in [0.2, 0.25) is 0 Å². The number of allylic oxidation sites excluding steroid dienone is 1. The van der Waals surface area contributed by atoms with Crippen molar-refractivity contribution in [2.24, 2.45) is 5.92 Å². The maximum atomic E-state index is 13.3. The first kappa shape index (κ1) is 26.3. The van der Waals surface area contributed by atoms with Crippen LogP contribution in [0.3, 0.4) is 0 Å². The van der Waals surface area contributed by atoms with Crippen molar-refractivity contribution in [2.45, 2.75) is 58.0 Å². The van der Waals surface area contributed by atoms with Crippen molar-refractivity contribution in [1.82, 2.24) is 10.2 Å². The largest absolute Gasteiger partial charge is 0.358 e. The van der Waals surface area contributed by atoms with Gasteiger partial charge in [0.05, 0.1) is 11.6 Å². The highest BCUT2D eigenvalue weighted by Gasteiger charge is 2.36.